The summed E-state index contributed by atoms with van der Waals surface area (Å²) in [5.74, 6) is 0.877. The van der Waals surface area contributed by atoms with Gasteiger partial charge in [-0.3, -0.25) is 9.59 Å². The Kier molecular flexibility index (Phi) is 2.46. The Balaban J connectivity index is 2.23. The van der Waals surface area contributed by atoms with E-state index < -0.39 is 0 Å². The minimum absolute atomic E-state index is 0.193. The second-order valence-corrected chi connectivity index (χ2v) is 5.87. The zero-order valence-electron chi connectivity index (χ0n) is 11.3. The minimum Gasteiger partial charge on any atom is -0.426 e. The first kappa shape index (κ1) is 12.2. The standard InChI is InChI=1S/C15H16O4/c1-8-13-10(18-12(17)7-15(13,2)3)6-9-4-5-11(16)19-14(8)9/h6H,4-5,7H2,1-3H3. The largest absolute Gasteiger partial charge is 0.426 e. The van der Waals surface area contributed by atoms with Gasteiger partial charge in [0.25, 0.3) is 0 Å². The van der Waals surface area contributed by atoms with Crippen LogP contribution in [0, 0.1) is 6.92 Å². The van der Waals surface area contributed by atoms with Crippen LogP contribution in [0.1, 0.15) is 43.4 Å². The molecule has 0 spiro atoms. The Labute approximate surface area is 111 Å². The molecule has 0 N–H and O–H groups in total. The molecule has 100 valence electrons. The zero-order valence-corrected chi connectivity index (χ0v) is 11.3. The molecule has 0 saturated heterocycles. The van der Waals surface area contributed by atoms with Gasteiger partial charge in [0, 0.05) is 11.0 Å². The molecule has 19 heavy (non-hydrogen) atoms. The van der Waals surface area contributed by atoms with E-state index in [1.165, 1.54) is 0 Å². The average molecular weight is 260 g/mol. The van der Waals surface area contributed by atoms with Crippen molar-refractivity contribution >= 4 is 11.9 Å². The number of fused-ring (bicyclic) bond motifs is 2. The molecule has 2 aliphatic heterocycles. The molecule has 1 aromatic carbocycles. The Morgan fingerprint density at radius 2 is 1.84 bits per heavy atom. The fourth-order valence-electron chi connectivity index (χ4n) is 3.09. The molecule has 0 bridgehead atoms. The van der Waals surface area contributed by atoms with Crippen molar-refractivity contribution in [2.24, 2.45) is 0 Å². The maximum Gasteiger partial charge on any atom is 0.312 e. The molecule has 0 radical (unpaired) electrons. The van der Waals surface area contributed by atoms with Crippen LogP contribution in [-0.2, 0) is 21.4 Å². The molecule has 3 rings (SSSR count). The number of hydrogen-bond donors (Lipinski definition) is 0. The van der Waals surface area contributed by atoms with E-state index in [-0.39, 0.29) is 17.4 Å². The third kappa shape index (κ3) is 1.82. The summed E-state index contributed by atoms with van der Waals surface area (Å²) in [5, 5.41) is 0. The van der Waals surface area contributed by atoms with Crippen molar-refractivity contribution in [3.8, 4) is 11.5 Å². The second-order valence-electron chi connectivity index (χ2n) is 5.87. The van der Waals surface area contributed by atoms with Gasteiger partial charge >= 0.3 is 11.9 Å². The van der Waals surface area contributed by atoms with Crippen molar-refractivity contribution in [3.63, 3.8) is 0 Å². The molecule has 0 atom stereocenters. The first-order chi connectivity index (χ1) is 8.88. The fraction of sp³-hybridized carbons (Fsp3) is 0.467. The molecule has 2 heterocycles. The van der Waals surface area contributed by atoms with Crippen molar-refractivity contribution < 1.29 is 19.1 Å². The van der Waals surface area contributed by atoms with Gasteiger partial charge in [-0.15, -0.1) is 0 Å². The smallest absolute Gasteiger partial charge is 0.312 e. The summed E-state index contributed by atoms with van der Waals surface area (Å²) < 4.78 is 10.7. The molecule has 0 saturated carbocycles. The van der Waals surface area contributed by atoms with Crippen molar-refractivity contribution in [1.82, 2.24) is 0 Å². The number of ether oxygens (including phenoxy) is 2. The van der Waals surface area contributed by atoms with Crippen LogP contribution in [-0.4, -0.2) is 11.9 Å². The molecule has 4 heteroatoms. The van der Waals surface area contributed by atoms with Gasteiger partial charge in [0.15, 0.2) is 0 Å². The van der Waals surface area contributed by atoms with Gasteiger partial charge in [-0.05, 0) is 30.5 Å². The lowest BCUT2D eigenvalue weighted by Gasteiger charge is -2.34. The number of esters is 2. The lowest BCUT2D eigenvalue weighted by Crippen LogP contribution is -2.32. The van der Waals surface area contributed by atoms with Crippen LogP contribution < -0.4 is 9.47 Å². The Morgan fingerprint density at radius 1 is 1.11 bits per heavy atom. The fourth-order valence-corrected chi connectivity index (χ4v) is 3.09. The topological polar surface area (TPSA) is 52.6 Å². The first-order valence-corrected chi connectivity index (χ1v) is 6.47. The van der Waals surface area contributed by atoms with Gasteiger partial charge in [0.05, 0.1) is 12.8 Å². The normalized spacial score (nSPS) is 20.2. The molecule has 0 fully saturated rings. The van der Waals surface area contributed by atoms with Crippen LogP contribution in [0.15, 0.2) is 6.07 Å². The number of rotatable bonds is 0. The highest BCUT2D eigenvalue weighted by atomic mass is 16.5. The van der Waals surface area contributed by atoms with Crippen molar-refractivity contribution in [1.29, 1.82) is 0 Å². The predicted octanol–water partition coefficient (Wildman–Crippen LogP) is 2.43. The van der Waals surface area contributed by atoms with Crippen LogP contribution in [0.2, 0.25) is 0 Å². The Morgan fingerprint density at radius 3 is 2.58 bits per heavy atom. The van der Waals surface area contributed by atoms with E-state index >= 15 is 0 Å². The molecule has 1 aromatic rings. The van der Waals surface area contributed by atoms with Crippen LogP contribution in [0.25, 0.3) is 0 Å². The van der Waals surface area contributed by atoms with E-state index in [0.717, 1.165) is 16.7 Å². The monoisotopic (exact) mass is 260 g/mol. The van der Waals surface area contributed by atoms with E-state index in [2.05, 4.69) is 0 Å². The van der Waals surface area contributed by atoms with Gasteiger partial charge in [-0.2, -0.15) is 0 Å². The summed E-state index contributed by atoms with van der Waals surface area (Å²) in [6, 6.07) is 1.85. The number of benzene rings is 1. The van der Waals surface area contributed by atoms with Gasteiger partial charge in [0.2, 0.25) is 0 Å². The highest BCUT2D eigenvalue weighted by molar-refractivity contribution is 5.81. The second kappa shape index (κ2) is 3.83. The summed E-state index contributed by atoms with van der Waals surface area (Å²) in [6.07, 6.45) is 1.36. The lowest BCUT2D eigenvalue weighted by molar-refractivity contribution is -0.137. The average Bonchev–Trinajstić information content (AvgIpc) is 2.28. The van der Waals surface area contributed by atoms with Gasteiger partial charge in [-0.25, -0.2) is 0 Å². The number of carbonyl (C=O) groups excluding carboxylic acids is 2. The Hall–Kier alpha value is -1.84. The van der Waals surface area contributed by atoms with Crippen LogP contribution in [0.3, 0.4) is 0 Å². The van der Waals surface area contributed by atoms with Gasteiger partial charge < -0.3 is 9.47 Å². The van der Waals surface area contributed by atoms with Gasteiger partial charge in [-0.1, -0.05) is 13.8 Å². The van der Waals surface area contributed by atoms with Crippen LogP contribution in [0.4, 0.5) is 0 Å². The summed E-state index contributed by atoms with van der Waals surface area (Å²) in [4.78, 5) is 23.1. The third-order valence-electron chi connectivity index (χ3n) is 3.86. The maximum atomic E-state index is 11.7. The van der Waals surface area contributed by atoms with E-state index in [9.17, 15) is 9.59 Å². The SMILES string of the molecule is Cc1c2c(cc3c1C(C)(C)CC(=O)O3)CCC(=O)O2. The molecule has 0 unspecified atom stereocenters. The maximum absolute atomic E-state index is 11.7. The van der Waals surface area contributed by atoms with E-state index in [1.54, 1.807) is 0 Å². The molecule has 2 aliphatic rings. The quantitative estimate of drug-likeness (QED) is 0.531. The molecular formula is C15H16O4. The first-order valence-electron chi connectivity index (χ1n) is 6.47. The molecule has 4 nitrogen and oxygen atoms in total. The summed E-state index contributed by atoms with van der Waals surface area (Å²) in [7, 11) is 0. The van der Waals surface area contributed by atoms with E-state index in [1.807, 2.05) is 26.8 Å². The number of hydrogen-bond acceptors (Lipinski definition) is 4. The van der Waals surface area contributed by atoms with E-state index in [0.29, 0.717) is 30.8 Å². The molecule has 0 amide bonds. The molecule has 0 aliphatic carbocycles. The third-order valence-corrected chi connectivity index (χ3v) is 3.86. The van der Waals surface area contributed by atoms with E-state index in [4.69, 9.17) is 9.47 Å². The molecular weight excluding hydrogens is 244 g/mol. The Bertz CT molecular complexity index is 599. The van der Waals surface area contributed by atoms with Gasteiger partial charge in [0.1, 0.15) is 11.5 Å². The van der Waals surface area contributed by atoms with Crippen LogP contribution in [0.5, 0.6) is 11.5 Å². The van der Waals surface area contributed by atoms with Crippen molar-refractivity contribution in [3.05, 3.63) is 22.8 Å². The zero-order chi connectivity index (χ0) is 13.8. The number of aryl methyl sites for hydroxylation is 1. The summed E-state index contributed by atoms with van der Waals surface area (Å²) in [6.45, 7) is 5.95. The lowest BCUT2D eigenvalue weighted by atomic mass is 9.76. The highest BCUT2D eigenvalue weighted by Gasteiger charge is 2.37. The predicted molar refractivity (Wildman–Crippen MR) is 68.4 cm³/mol. The number of carbonyl (C=O) groups is 2. The summed E-state index contributed by atoms with van der Waals surface area (Å²) >= 11 is 0. The minimum atomic E-state index is -0.298. The summed E-state index contributed by atoms with van der Waals surface area (Å²) in [5.41, 5.74) is 2.54. The highest BCUT2D eigenvalue weighted by Crippen LogP contribution is 2.46. The van der Waals surface area contributed by atoms with Crippen molar-refractivity contribution in [2.75, 3.05) is 0 Å². The molecule has 0 aromatic heterocycles. The van der Waals surface area contributed by atoms with Crippen molar-refractivity contribution in [2.45, 2.75) is 45.4 Å². The van der Waals surface area contributed by atoms with Crippen LogP contribution >= 0.6 is 0 Å².